The van der Waals surface area contributed by atoms with Crippen molar-refractivity contribution in [3.05, 3.63) is 64.7 Å². The predicted octanol–water partition coefficient (Wildman–Crippen LogP) is 7.43. The van der Waals surface area contributed by atoms with E-state index in [1.807, 2.05) is 0 Å². The fourth-order valence-corrected chi connectivity index (χ4v) is 4.54. The molecule has 1 atom stereocenters. The Balaban J connectivity index is 1.79. The Labute approximate surface area is 202 Å². The first kappa shape index (κ1) is 26.1. The predicted molar refractivity (Wildman–Crippen MR) is 125 cm³/mol. The molecule has 0 aromatic heterocycles. The number of hydrogen-bond donors (Lipinski definition) is 1. The molecule has 2 aromatic rings. The maximum absolute atomic E-state index is 13.5. The van der Waals surface area contributed by atoms with E-state index in [9.17, 15) is 22.8 Å². The molecule has 1 fully saturated rings. The lowest BCUT2D eigenvalue weighted by Gasteiger charge is -2.36. The van der Waals surface area contributed by atoms with Gasteiger partial charge in [0.05, 0.1) is 17.2 Å². The summed E-state index contributed by atoms with van der Waals surface area (Å²) in [4.78, 5) is 26.1. The highest BCUT2D eigenvalue weighted by atomic mass is 35.5. The maximum Gasteiger partial charge on any atom is 0.418 e. The number of hydrogen-bond acceptors (Lipinski definition) is 3. The summed E-state index contributed by atoms with van der Waals surface area (Å²) in [7, 11) is 0. The number of rotatable bonds is 5. The van der Waals surface area contributed by atoms with Crippen molar-refractivity contribution >= 4 is 29.2 Å². The number of carbonyl (C=O) groups is 2. The van der Waals surface area contributed by atoms with E-state index in [1.165, 1.54) is 6.07 Å². The summed E-state index contributed by atoms with van der Waals surface area (Å²) in [5.74, 6) is -1.23. The molecule has 4 nitrogen and oxygen atoms in total. The minimum Gasteiger partial charge on any atom is -0.447 e. The summed E-state index contributed by atoms with van der Waals surface area (Å²) in [6.07, 6.45) is -3.04. The van der Waals surface area contributed by atoms with E-state index in [2.05, 4.69) is 26.1 Å². The lowest BCUT2D eigenvalue weighted by Crippen LogP contribution is -2.32. The van der Waals surface area contributed by atoms with Gasteiger partial charge in [0, 0.05) is 10.6 Å². The van der Waals surface area contributed by atoms with E-state index in [0.29, 0.717) is 24.3 Å². The van der Waals surface area contributed by atoms with Gasteiger partial charge in [-0.25, -0.2) is 0 Å². The Morgan fingerprint density at radius 3 is 2.18 bits per heavy atom. The van der Waals surface area contributed by atoms with Crippen molar-refractivity contribution in [2.45, 2.75) is 58.7 Å². The molecule has 1 aliphatic rings. The third kappa shape index (κ3) is 6.53. The van der Waals surface area contributed by atoms with Crippen LogP contribution in [0.25, 0.3) is 0 Å². The molecule has 0 saturated heterocycles. The molecule has 0 radical (unpaired) electrons. The Bertz CT molecular complexity index is 1010. The van der Waals surface area contributed by atoms with E-state index in [1.54, 1.807) is 30.3 Å². The molecule has 1 saturated carbocycles. The second kappa shape index (κ2) is 10.4. The largest absolute Gasteiger partial charge is 0.447 e. The van der Waals surface area contributed by atoms with Gasteiger partial charge < -0.3 is 10.1 Å². The third-order valence-corrected chi connectivity index (χ3v) is 6.64. The van der Waals surface area contributed by atoms with E-state index < -0.39 is 35.4 Å². The lowest BCUT2D eigenvalue weighted by molar-refractivity contribution is -0.160. The van der Waals surface area contributed by atoms with Crippen LogP contribution in [0.1, 0.15) is 63.7 Å². The molecule has 184 valence electrons. The van der Waals surface area contributed by atoms with Crippen LogP contribution in [0.3, 0.4) is 0 Å². The fourth-order valence-electron chi connectivity index (χ4n) is 4.37. The van der Waals surface area contributed by atoms with Crippen LogP contribution in [0, 0.1) is 17.3 Å². The molecule has 3 rings (SSSR count). The van der Waals surface area contributed by atoms with Crippen molar-refractivity contribution < 1.29 is 27.5 Å². The number of alkyl halides is 3. The fraction of sp³-hybridized carbons (Fsp3) is 0.462. The van der Waals surface area contributed by atoms with Crippen molar-refractivity contribution in [2.75, 3.05) is 5.32 Å². The monoisotopic (exact) mass is 495 g/mol. The van der Waals surface area contributed by atoms with E-state index in [-0.39, 0.29) is 16.4 Å². The number of esters is 1. The SMILES string of the molecule is CC(C)(C)C1CCC(C(=O)O[C@@H](C(=O)Nc2ccc(Cl)cc2C(F)(F)F)c2ccccc2)CC1. The highest BCUT2D eigenvalue weighted by molar-refractivity contribution is 6.30. The zero-order chi connectivity index (χ0) is 25.1. The molecule has 1 aliphatic carbocycles. The maximum atomic E-state index is 13.5. The smallest absolute Gasteiger partial charge is 0.418 e. The number of amides is 1. The number of ether oxygens (including phenoxy) is 1. The van der Waals surface area contributed by atoms with Crippen LogP contribution in [0.15, 0.2) is 48.5 Å². The average Bonchev–Trinajstić information content (AvgIpc) is 2.77. The van der Waals surface area contributed by atoms with Gasteiger partial charge in [0.15, 0.2) is 0 Å². The molecule has 8 heteroatoms. The number of anilines is 1. The first-order valence-electron chi connectivity index (χ1n) is 11.3. The summed E-state index contributed by atoms with van der Waals surface area (Å²) >= 11 is 5.73. The van der Waals surface area contributed by atoms with Crippen molar-refractivity contribution in [1.82, 2.24) is 0 Å². The Morgan fingerprint density at radius 2 is 1.62 bits per heavy atom. The molecule has 2 aromatic carbocycles. The van der Waals surface area contributed by atoms with Crippen molar-refractivity contribution in [3.8, 4) is 0 Å². The molecule has 1 amide bonds. The molecular formula is C26H29ClF3NO3. The Hall–Kier alpha value is -2.54. The first-order chi connectivity index (χ1) is 15.9. The van der Waals surface area contributed by atoms with Crippen LogP contribution in [-0.2, 0) is 20.5 Å². The van der Waals surface area contributed by atoms with Gasteiger partial charge in [-0.1, -0.05) is 62.7 Å². The summed E-state index contributed by atoms with van der Waals surface area (Å²) in [6, 6.07) is 11.3. The second-order valence-electron chi connectivity index (χ2n) is 9.82. The molecule has 0 spiro atoms. The van der Waals surface area contributed by atoms with E-state index >= 15 is 0 Å². The van der Waals surface area contributed by atoms with Gasteiger partial charge in [0.2, 0.25) is 6.10 Å². The van der Waals surface area contributed by atoms with Gasteiger partial charge in [0.25, 0.3) is 5.91 Å². The minimum absolute atomic E-state index is 0.109. The zero-order valence-corrected chi connectivity index (χ0v) is 20.2. The molecule has 0 aliphatic heterocycles. The van der Waals surface area contributed by atoms with E-state index in [0.717, 1.165) is 25.0 Å². The van der Waals surface area contributed by atoms with E-state index in [4.69, 9.17) is 16.3 Å². The summed E-state index contributed by atoms with van der Waals surface area (Å²) in [5, 5.41) is 2.17. The number of nitrogens with one attached hydrogen (secondary N) is 1. The van der Waals surface area contributed by atoms with Crippen molar-refractivity contribution in [2.24, 2.45) is 17.3 Å². The number of carbonyl (C=O) groups excluding carboxylic acids is 2. The van der Waals surface area contributed by atoms with Crippen LogP contribution in [0.5, 0.6) is 0 Å². The van der Waals surface area contributed by atoms with Crippen LogP contribution in [-0.4, -0.2) is 11.9 Å². The van der Waals surface area contributed by atoms with Crippen LogP contribution in [0.2, 0.25) is 5.02 Å². The molecule has 1 N–H and O–H groups in total. The van der Waals surface area contributed by atoms with Gasteiger partial charge in [-0.3, -0.25) is 9.59 Å². The molecule has 0 bridgehead atoms. The summed E-state index contributed by atoms with van der Waals surface area (Å²) in [5.41, 5.74) is -1.01. The zero-order valence-electron chi connectivity index (χ0n) is 19.4. The normalized spacial score (nSPS) is 19.9. The van der Waals surface area contributed by atoms with Crippen molar-refractivity contribution in [3.63, 3.8) is 0 Å². The summed E-state index contributed by atoms with van der Waals surface area (Å²) in [6.45, 7) is 6.54. The molecule has 34 heavy (non-hydrogen) atoms. The standard InChI is InChI=1S/C26H29ClF3NO3/c1-25(2,3)18-11-9-17(10-12-18)24(33)34-22(16-7-5-4-6-8-16)23(32)31-21-14-13-19(27)15-20(21)26(28,29)30/h4-8,13-15,17-18,22H,9-12H2,1-3H3,(H,31,32)/t17?,18?,22-/m1/s1. The molecule has 0 unspecified atom stereocenters. The van der Waals surface area contributed by atoms with Gasteiger partial charge in [0.1, 0.15) is 0 Å². The highest BCUT2D eigenvalue weighted by Gasteiger charge is 2.37. The van der Waals surface area contributed by atoms with Crippen LogP contribution < -0.4 is 5.32 Å². The van der Waals surface area contributed by atoms with Gasteiger partial charge in [-0.2, -0.15) is 13.2 Å². The molecule has 0 heterocycles. The summed E-state index contributed by atoms with van der Waals surface area (Å²) < 4.78 is 46.0. The molecular weight excluding hydrogens is 467 g/mol. The van der Waals surface area contributed by atoms with Crippen molar-refractivity contribution in [1.29, 1.82) is 0 Å². The van der Waals surface area contributed by atoms with Gasteiger partial charge in [-0.15, -0.1) is 0 Å². The first-order valence-corrected chi connectivity index (χ1v) is 11.7. The van der Waals surface area contributed by atoms with Crippen LogP contribution >= 0.6 is 11.6 Å². The lowest BCUT2D eigenvalue weighted by atomic mass is 9.70. The minimum atomic E-state index is -4.72. The van der Waals surface area contributed by atoms with Gasteiger partial charge >= 0.3 is 12.1 Å². The van der Waals surface area contributed by atoms with Crippen LogP contribution in [0.4, 0.5) is 18.9 Å². The topological polar surface area (TPSA) is 55.4 Å². The average molecular weight is 496 g/mol. The Morgan fingerprint density at radius 1 is 1.00 bits per heavy atom. The number of benzene rings is 2. The second-order valence-corrected chi connectivity index (χ2v) is 10.3. The number of halogens is 4. The third-order valence-electron chi connectivity index (χ3n) is 6.40. The Kier molecular flexibility index (Phi) is 7.96. The highest BCUT2D eigenvalue weighted by Crippen LogP contribution is 2.41. The quantitative estimate of drug-likeness (QED) is 0.439. The van der Waals surface area contributed by atoms with Gasteiger partial charge in [-0.05, 0) is 55.2 Å².